The maximum atomic E-state index is 13.0. The predicted molar refractivity (Wildman–Crippen MR) is 139 cm³/mol. The Bertz CT molecular complexity index is 914. The third-order valence-electron chi connectivity index (χ3n) is 5.48. The summed E-state index contributed by atoms with van der Waals surface area (Å²) in [5.74, 6) is 0. The second-order valence-corrected chi connectivity index (χ2v) is 19.4. The molecule has 188 valence electrons. The Morgan fingerprint density at radius 1 is 1.27 bits per heavy atom. The number of ether oxygens (including phenoxy) is 2. The molecule has 1 aliphatic rings. The summed E-state index contributed by atoms with van der Waals surface area (Å²) in [7, 11) is -4.84. The lowest BCUT2D eigenvalue weighted by Crippen LogP contribution is -2.51. The van der Waals surface area contributed by atoms with Gasteiger partial charge >= 0.3 is 6.09 Å². The number of rotatable bonds is 9. The largest absolute Gasteiger partial charge is 0.444 e. The van der Waals surface area contributed by atoms with Crippen LogP contribution in [0.4, 0.5) is 4.79 Å². The molecule has 0 bridgehead atoms. The molecule has 1 aromatic rings. The third-order valence-corrected chi connectivity index (χ3v) is 8.91. The van der Waals surface area contributed by atoms with Gasteiger partial charge in [-0.25, -0.2) is 13.2 Å². The number of nitrogens with zero attached hydrogens (tertiary/aromatic N) is 2. The summed E-state index contributed by atoms with van der Waals surface area (Å²) < 4.78 is 39.4. The van der Waals surface area contributed by atoms with E-state index in [4.69, 9.17) is 9.47 Å². The lowest BCUT2D eigenvalue weighted by atomic mass is 10.0. The van der Waals surface area contributed by atoms with Crippen LogP contribution in [0.3, 0.4) is 0 Å². The number of carbonyl (C=O) groups is 1. The first-order valence-corrected chi connectivity index (χ1v) is 17.7. The van der Waals surface area contributed by atoms with Gasteiger partial charge in [0, 0.05) is 31.7 Å². The Morgan fingerprint density at radius 3 is 2.48 bits per heavy atom. The second-order valence-electron chi connectivity index (χ2n) is 10.9. The molecule has 0 aliphatic carbocycles. The molecule has 33 heavy (non-hydrogen) atoms. The van der Waals surface area contributed by atoms with E-state index in [0.717, 1.165) is 16.1 Å². The fourth-order valence-electron chi connectivity index (χ4n) is 3.84. The smallest absolute Gasteiger partial charge is 0.410 e. The Kier molecular flexibility index (Phi) is 9.60. The van der Waals surface area contributed by atoms with Crippen LogP contribution < -0.4 is 0 Å². The van der Waals surface area contributed by atoms with E-state index in [1.54, 1.807) is 4.90 Å². The average Bonchev–Trinajstić information content (AvgIpc) is 3.01. The minimum absolute atomic E-state index is 0.00881. The highest BCUT2D eigenvalue weighted by Gasteiger charge is 2.44. The van der Waals surface area contributed by atoms with Gasteiger partial charge in [-0.15, -0.1) is 0 Å². The maximum absolute atomic E-state index is 13.0. The van der Waals surface area contributed by atoms with Crippen LogP contribution in [0.1, 0.15) is 32.8 Å². The van der Waals surface area contributed by atoms with Crippen LogP contribution in [0.2, 0.25) is 25.7 Å². The molecular weight excluding hydrogens is 524 g/mol. The van der Waals surface area contributed by atoms with Crippen molar-refractivity contribution in [3.8, 4) is 0 Å². The Morgan fingerprint density at radius 2 is 1.94 bits per heavy atom. The lowest BCUT2D eigenvalue weighted by Gasteiger charge is -2.35. The molecule has 0 aromatic heterocycles. The molecule has 1 aliphatic heterocycles. The molecule has 10 heteroatoms. The summed E-state index contributed by atoms with van der Waals surface area (Å²) in [6.45, 7) is 13.2. The number of halogens is 1. The van der Waals surface area contributed by atoms with E-state index < -0.39 is 35.8 Å². The fourth-order valence-corrected chi connectivity index (χ4v) is 6.05. The number of carbonyl (C=O) groups excluding carboxylic acids is 1. The van der Waals surface area contributed by atoms with Crippen molar-refractivity contribution in [3.63, 3.8) is 0 Å². The average molecular weight is 564 g/mol. The van der Waals surface area contributed by atoms with E-state index in [9.17, 15) is 13.2 Å². The summed E-state index contributed by atoms with van der Waals surface area (Å²) in [6, 6.07) is 8.08. The predicted octanol–water partition coefficient (Wildman–Crippen LogP) is 4.94. The number of benzene rings is 1. The second kappa shape index (κ2) is 11.2. The highest BCUT2D eigenvalue weighted by atomic mass is 79.9. The number of hydrogen-bond acceptors (Lipinski definition) is 5. The quantitative estimate of drug-likeness (QED) is 0.242. The van der Waals surface area contributed by atoms with Crippen molar-refractivity contribution >= 4 is 40.1 Å². The summed E-state index contributed by atoms with van der Waals surface area (Å²) in [5, 5.41) is 0. The molecule has 1 fully saturated rings. The van der Waals surface area contributed by atoms with Crippen molar-refractivity contribution < 1.29 is 22.7 Å². The minimum Gasteiger partial charge on any atom is -0.444 e. The van der Waals surface area contributed by atoms with E-state index in [2.05, 4.69) is 35.6 Å². The maximum Gasteiger partial charge on any atom is 0.410 e. The van der Waals surface area contributed by atoms with Crippen molar-refractivity contribution in [2.24, 2.45) is 0 Å². The van der Waals surface area contributed by atoms with E-state index in [1.807, 2.05) is 45.0 Å². The molecule has 0 saturated carbocycles. The highest BCUT2D eigenvalue weighted by Crippen LogP contribution is 2.30. The van der Waals surface area contributed by atoms with E-state index >= 15 is 0 Å². The molecule has 1 heterocycles. The highest BCUT2D eigenvalue weighted by molar-refractivity contribution is 9.10. The van der Waals surface area contributed by atoms with Crippen LogP contribution in [-0.2, 0) is 25.9 Å². The number of likely N-dealkylation sites (tertiary alicyclic amines) is 1. The normalized spacial score (nSPS) is 19.8. The zero-order valence-corrected chi connectivity index (χ0v) is 24.3. The standard InChI is InChI=1S/C23H39BrN2O5SSi/c1-23(2,3)31-22(27)25-12-11-20(21(25)16-18-9-8-10-19(24)15-18)26(32(4,28)29)17-30-13-14-33(5,6)7/h8-10,15,20-21H,11-14,16-17H2,1-7H3/t20-,21-/m0/s1. The molecule has 0 spiro atoms. The molecule has 1 aromatic carbocycles. The van der Waals surface area contributed by atoms with E-state index in [0.29, 0.717) is 26.0 Å². The summed E-state index contributed by atoms with van der Waals surface area (Å²) in [5.41, 5.74) is 0.384. The van der Waals surface area contributed by atoms with E-state index in [1.165, 1.54) is 10.6 Å². The fraction of sp³-hybridized carbons (Fsp3) is 0.696. The monoisotopic (exact) mass is 562 g/mol. The van der Waals surface area contributed by atoms with Crippen LogP contribution >= 0.6 is 15.9 Å². The lowest BCUT2D eigenvalue weighted by molar-refractivity contribution is 0.0153. The molecular formula is C23H39BrN2O5SSi. The number of hydrogen-bond donors (Lipinski definition) is 0. The Hall–Kier alpha value is -0.943. The van der Waals surface area contributed by atoms with Gasteiger partial charge in [0.1, 0.15) is 12.3 Å². The zero-order chi connectivity index (χ0) is 25.0. The van der Waals surface area contributed by atoms with Gasteiger partial charge in [-0.1, -0.05) is 47.7 Å². The van der Waals surface area contributed by atoms with Crippen LogP contribution in [0.5, 0.6) is 0 Å². The molecule has 0 unspecified atom stereocenters. The Labute approximate surface area is 209 Å². The van der Waals surface area contributed by atoms with Gasteiger partial charge in [-0.05, 0) is 57.4 Å². The van der Waals surface area contributed by atoms with Crippen LogP contribution in [0.25, 0.3) is 0 Å². The van der Waals surface area contributed by atoms with Crippen LogP contribution in [0, 0.1) is 0 Å². The Balaban J connectivity index is 2.29. The molecule has 7 nitrogen and oxygen atoms in total. The van der Waals surface area contributed by atoms with Crippen molar-refractivity contribution in [2.45, 2.75) is 77.0 Å². The van der Waals surface area contributed by atoms with Crippen molar-refractivity contribution in [1.82, 2.24) is 9.21 Å². The van der Waals surface area contributed by atoms with Gasteiger partial charge in [0.15, 0.2) is 0 Å². The first-order chi connectivity index (χ1) is 15.1. The van der Waals surface area contributed by atoms with Gasteiger partial charge in [-0.2, -0.15) is 4.31 Å². The van der Waals surface area contributed by atoms with Gasteiger partial charge in [0.05, 0.1) is 12.3 Å². The molecule has 1 amide bonds. The topological polar surface area (TPSA) is 76.2 Å². The van der Waals surface area contributed by atoms with Gasteiger partial charge in [-0.3, -0.25) is 0 Å². The molecule has 0 N–H and O–H groups in total. The van der Waals surface area contributed by atoms with Gasteiger partial charge in [0.25, 0.3) is 0 Å². The minimum atomic E-state index is -3.55. The molecule has 2 atom stereocenters. The molecule has 0 radical (unpaired) electrons. The van der Waals surface area contributed by atoms with E-state index in [-0.39, 0.29) is 12.8 Å². The number of amides is 1. The van der Waals surface area contributed by atoms with Crippen LogP contribution in [0.15, 0.2) is 28.7 Å². The molecule has 1 saturated heterocycles. The first kappa shape index (κ1) is 28.3. The first-order valence-electron chi connectivity index (χ1n) is 11.4. The summed E-state index contributed by atoms with van der Waals surface area (Å²) in [6.07, 6.45) is 1.84. The SMILES string of the molecule is CC(C)(C)OC(=O)N1CC[C@H](N(COCC[Si](C)(C)C)S(C)(=O)=O)[C@@H]1Cc1cccc(Br)c1. The van der Waals surface area contributed by atoms with Gasteiger partial charge in [0.2, 0.25) is 10.0 Å². The third kappa shape index (κ3) is 9.31. The van der Waals surface area contributed by atoms with Crippen LogP contribution in [-0.4, -0.2) is 75.6 Å². The summed E-state index contributed by atoms with van der Waals surface area (Å²) in [4.78, 5) is 14.7. The van der Waals surface area contributed by atoms with Crippen molar-refractivity contribution in [1.29, 1.82) is 0 Å². The molecule has 2 rings (SSSR count). The van der Waals surface area contributed by atoms with Crippen molar-refractivity contribution in [2.75, 3.05) is 26.1 Å². The van der Waals surface area contributed by atoms with Crippen molar-refractivity contribution in [3.05, 3.63) is 34.3 Å². The zero-order valence-electron chi connectivity index (χ0n) is 20.9. The van der Waals surface area contributed by atoms with Gasteiger partial charge < -0.3 is 14.4 Å². The number of sulfonamides is 1. The summed E-state index contributed by atoms with van der Waals surface area (Å²) >= 11 is 3.50.